The maximum absolute atomic E-state index is 17.1. The van der Waals surface area contributed by atoms with Crippen LogP contribution < -0.4 is 9.64 Å². The van der Waals surface area contributed by atoms with Crippen molar-refractivity contribution >= 4 is 50.7 Å². The molecule has 0 radical (unpaired) electrons. The number of rotatable bonds is 7. The van der Waals surface area contributed by atoms with Crippen LogP contribution in [0.25, 0.3) is 32.9 Å². The van der Waals surface area contributed by atoms with E-state index in [2.05, 4.69) is 20.8 Å². The summed E-state index contributed by atoms with van der Waals surface area (Å²) >= 11 is 6.04. The van der Waals surface area contributed by atoms with Gasteiger partial charge in [-0.15, -0.1) is 6.42 Å². The van der Waals surface area contributed by atoms with E-state index in [1.807, 2.05) is 18.7 Å². The highest BCUT2D eigenvalue weighted by Gasteiger charge is 2.50. The maximum Gasteiger partial charge on any atom is 0.319 e. The van der Waals surface area contributed by atoms with Crippen LogP contribution in [0.5, 0.6) is 11.8 Å². The Morgan fingerprint density at radius 3 is 2.54 bits per heavy atom. The molecule has 10 nitrogen and oxygen atoms in total. The molecule has 5 aromatic rings. The van der Waals surface area contributed by atoms with Crippen LogP contribution in [0.2, 0.25) is 5.02 Å². The number of phenols is 1. The molecule has 4 saturated heterocycles. The lowest BCUT2D eigenvalue weighted by Gasteiger charge is -2.42. The Bertz CT molecular complexity index is 2450. The molecule has 1 amide bonds. The van der Waals surface area contributed by atoms with Gasteiger partial charge in [-0.25, -0.2) is 13.2 Å². The minimum absolute atomic E-state index is 0.0817. The SMILES string of the molecule is C#Cc1c(F)ccc2cc(O)cc(-c3ncc4c(N5CC6CCC(C5)N6C(=O)C(=N)c5ccc(Cl)cc5)nc(OCC56CCCN5CC(F)C6)nc4c3F)c12.CC. The van der Waals surface area contributed by atoms with E-state index in [4.69, 9.17) is 33.2 Å². The molecule has 0 spiro atoms. The number of nitrogens with zero attached hydrogens (tertiary/aromatic N) is 6. The fourth-order valence-corrected chi connectivity index (χ4v) is 9.32. The maximum atomic E-state index is 17.1. The molecular formula is C43H41ClF3N7O3. The van der Waals surface area contributed by atoms with Gasteiger partial charge in [0.1, 0.15) is 47.1 Å². The predicted molar refractivity (Wildman–Crippen MR) is 214 cm³/mol. The van der Waals surface area contributed by atoms with Crippen LogP contribution in [0.4, 0.5) is 19.0 Å². The molecule has 6 heterocycles. The topological polar surface area (TPSA) is 119 Å². The Hall–Kier alpha value is -5.45. The molecule has 9 rings (SSSR count). The number of carbonyl (C=O) groups is 1. The number of aromatic nitrogens is 3. The summed E-state index contributed by atoms with van der Waals surface area (Å²) in [6.07, 6.45) is 9.55. The zero-order chi connectivity index (χ0) is 40.2. The Kier molecular flexibility index (Phi) is 10.2. The van der Waals surface area contributed by atoms with E-state index in [0.717, 1.165) is 19.4 Å². The van der Waals surface area contributed by atoms with Crippen molar-refractivity contribution in [2.75, 3.05) is 37.7 Å². The van der Waals surface area contributed by atoms with Crippen molar-refractivity contribution in [3.63, 3.8) is 0 Å². The van der Waals surface area contributed by atoms with E-state index in [1.54, 1.807) is 29.2 Å². The van der Waals surface area contributed by atoms with Crippen LogP contribution in [-0.4, -0.2) is 98.1 Å². The Balaban J connectivity index is 0.00000224. The number of pyridine rings is 1. The number of alkyl halides is 1. The average molecular weight is 796 g/mol. The lowest BCUT2D eigenvalue weighted by molar-refractivity contribution is -0.127. The van der Waals surface area contributed by atoms with Crippen LogP contribution in [0, 0.1) is 29.4 Å². The Morgan fingerprint density at radius 1 is 1.09 bits per heavy atom. The van der Waals surface area contributed by atoms with Gasteiger partial charge in [-0.1, -0.05) is 49.6 Å². The standard InChI is InChI=1S/C41H35ClF3N7O3.C2H6/c1-2-29-32(44)11-6-23-14-28(53)15-30(33(23)29)36-34(45)37-31(17-47-36)38(49-40(48-37)55-21-41-12-3-13-51(41)18-25(43)16-41)50-19-26-9-10-27(20-50)52(26)39(54)35(46)22-4-7-24(42)8-5-22;1-2/h1,4-8,11,14-15,17,25-27,46,53H,3,9-10,12-13,16,18-21H2;1-2H3. The molecule has 4 aliphatic rings. The van der Waals surface area contributed by atoms with Crippen molar-refractivity contribution < 1.29 is 27.8 Å². The first-order valence-corrected chi connectivity index (χ1v) is 19.6. The second-order valence-electron chi connectivity index (χ2n) is 14.9. The summed E-state index contributed by atoms with van der Waals surface area (Å²) in [5.41, 5.74) is -0.524. The molecule has 294 valence electrons. The third-order valence-electron chi connectivity index (χ3n) is 11.7. The lowest BCUT2D eigenvalue weighted by atomic mass is 9.95. The Labute approximate surface area is 333 Å². The molecule has 0 saturated carbocycles. The molecule has 3 aromatic carbocycles. The van der Waals surface area contributed by atoms with Gasteiger partial charge in [-0.3, -0.25) is 20.1 Å². The highest BCUT2D eigenvalue weighted by Crippen LogP contribution is 2.43. The van der Waals surface area contributed by atoms with Crippen molar-refractivity contribution in [1.82, 2.24) is 24.8 Å². The number of hydrogen-bond donors (Lipinski definition) is 2. The number of aromatic hydroxyl groups is 1. The zero-order valence-electron chi connectivity index (χ0n) is 31.5. The molecule has 2 N–H and O–H groups in total. The Morgan fingerprint density at radius 2 is 1.82 bits per heavy atom. The number of benzene rings is 3. The lowest BCUT2D eigenvalue weighted by Crippen LogP contribution is -2.57. The number of piperazine rings is 1. The highest BCUT2D eigenvalue weighted by molar-refractivity contribution is 6.44. The van der Waals surface area contributed by atoms with E-state index < -0.39 is 23.3 Å². The highest BCUT2D eigenvalue weighted by atomic mass is 35.5. The van der Waals surface area contributed by atoms with E-state index in [9.17, 15) is 18.7 Å². The number of carbonyl (C=O) groups excluding carboxylic acids is 1. The molecule has 4 atom stereocenters. The zero-order valence-corrected chi connectivity index (χ0v) is 32.3. The van der Waals surface area contributed by atoms with Gasteiger partial charge in [0, 0.05) is 53.8 Å². The molecule has 0 aliphatic carbocycles. The minimum Gasteiger partial charge on any atom is -0.508 e. The number of hydrogen-bond acceptors (Lipinski definition) is 9. The normalized spacial score (nSPS) is 22.6. The molecule has 4 aliphatic heterocycles. The number of fused-ring (bicyclic) bond motifs is 5. The van der Waals surface area contributed by atoms with Gasteiger partial charge in [-0.05, 0) is 67.9 Å². The van der Waals surface area contributed by atoms with Crippen molar-refractivity contribution in [2.45, 2.75) is 69.7 Å². The summed E-state index contributed by atoms with van der Waals surface area (Å²) in [6.45, 7) is 5.88. The molecule has 14 heteroatoms. The molecule has 57 heavy (non-hydrogen) atoms. The molecule has 4 fully saturated rings. The largest absolute Gasteiger partial charge is 0.508 e. The predicted octanol–water partition coefficient (Wildman–Crippen LogP) is 7.69. The number of anilines is 1. The number of nitrogens with one attached hydrogen (secondary N) is 1. The van der Waals surface area contributed by atoms with E-state index in [-0.39, 0.29) is 75.2 Å². The minimum atomic E-state index is -0.978. The molecule has 4 unspecified atom stereocenters. The summed E-state index contributed by atoms with van der Waals surface area (Å²) < 4.78 is 53.0. The van der Waals surface area contributed by atoms with E-state index in [1.165, 1.54) is 30.5 Å². The summed E-state index contributed by atoms with van der Waals surface area (Å²) in [5.74, 6) is 0.594. The fourth-order valence-electron chi connectivity index (χ4n) is 9.19. The first-order chi connectivity index (χ1) is 27.5. The van der Waals surface area contributed by atoms with Crippen molar-refractivity contribution in [3.05, 3.63) is 82.5 Å². The van der Waals surface area contributed by atoms with Gasteiger partial charge < -0.3 is 19.6 Å². The van der Waals surface area contributed by atoms with Crippen LogP contribution in [0.1, 0.15) is 57.1 Å². The summed E-state index contributed by atoms with van der Waals surface area (Å²) in [5, 5.41) is 20.7. The third-order valence-corrected chi connectivity index (χ3v) is 11.9. The first kappa shape index (κ1) is 38.4. The smallest absolute Gasteiger partial charge is 0.319 e. The number of ether oxygens (including phenoxy) is 1. The van der Waals surface area contributed by atoms with Gasteiger partial charge in [0.15, 0.2) is 5.82 Å². The van der Waals surface area contributed by atoms with Gasteiger partial charge in [0.05, 0.1) is 28.6 Å². The molecular weight excluding hydrogens is 755 g/mol. The second kappa shape index (κ2) is 15.1. The van der Waals surface area contributed by atoms with Gasteiger partial charge in [0.25, 0.3) is 5.91 Å². The number of amides is 1. The van der Waals surface area contributed by atoms with Gasteiger partial charge in [0.2, 0.25) is 0 Å². The van der Waals surface area contributed by atoms with E-state index >= 15 is 4.39 Å². The van der Waals surface area contributed by atoms with Gasteiger partial charge in [-0.2, -0.15) is 9.97 Å². The van der Waals surface area contributed by atoms with E-state index in [0.29, 0.717) is 60.7 Å². The van der Waals surface area contributed by atoms with Crippen molar-refractivity contribution in [3.8, 4) is 35.4 Å². The van der Waals surface area contributed by atoms with Gasteiger partial charge >= 0.3 is 6.01 Å². The van der Waals surface area contributed by atoms with Crippen molar-refractivity contribution in [2.24, 2.45) is 0 Å². The third kappa shape index (κ3) is 6.68. The average Bonchev–Trinajstić information content (AvgIpc) is 3.83. The summed E-state index contributed by atoms with van der Waals surface area (Å²) in [6, 6.07) is 11.3. The van der Waals surface area contributed by atoms with Crippen LogP contribution in [0.3, 0.4) is 0 Å². The van der Waals surface area contributed by atoms with Crippen LogP contribution in [0.15, 0.2) is 54.7 Å². The molecule has 2 bridgehead atoms. The summed E-state index contributed by atoms with van der Waals surface area (Å²) in [4.78, 5) is 33.5. The summed E-state index contributed by atoms with van der Waals surface area (Å²) in [7, 11) is 0. The van der Waals surface area contributed by atoms with Crippen LogP contribution in [-0.2, 0) is 4.79 Å². The number of terminal acetylenes is 1. The quantitative estimate of drug-likeness (QED) is 0.127. The monoisotopic (exact) mass is 795 g/mol. The second-order valence-corrected chi connectivity index (χ2v) is 15.4. The first-order valence-electron chi connectivity index (χ1n) is 19.3. The van der Waals surface area contributed by atoms with Crippen LogP contribution >= 0.6 is 11.6 Å². The number of halogens is 4. The molecule has 2 aromatic heterocycles. The number of phenolic OH excluding ortho intramolecular Hbond substituents is 1. The fraction of sp³-hybridized carbons (Fsp3) is 0.372. The van der Waals surface area contributed by atoms with Crippen molar-refractivity contribution in [1.29, 1.82) is 5.41 Å².